The third kappa shape index (κ3) is 22.6. The zero-order chi connectivity index (χ0) is 30.0. The molecule has 4 aromatic carbocycles. The standard InChI is InChI=1S/2C14H12O.Ca.2H2O4S/c2*15-14(13-9-5-2-6-10-13)11-12-7-3-1-4-8-12;;2*1-5(2,3)4/h2*1-10H,11H2;;2*(H2,1,2,3,4)/q;;+2;;/p-2. The number of hydrogen-bond acceptors (Lipinski definition) is 8. The third-order valence-corrected chi connectivity index (χ3v) is 4.61. The maximum absolute atomic E-state index is 11.8. The monoisotopic (exact) mass is 626 g/mol. The van der Waals surface area contributed by atoms with Gasteiger partial charge in [0.25, 0.3) is 0 Å². The van der Waals surface area contributed by atoms with Crippen molar-refractivity contribution in [3.05, 3.63) is 144 Å². The van der Waals surface area contributed by atoms with Crippen molar-refractivity contribution in [1.82, 2.24) is 0 Å². The fourth-order valence-corrected chi connectivity index (χ4v) is 3.01. The van der Waals surface area contributed by atoms with Gasteiger partial charge in [0, 0.05) is 24.0 Å². The zero-order valence-electron chi connectivity index (χ0n) is 21.6. The summed E-state index contributed by atoms with van der Waals surface area (Å²) in [4.78, 5) is 23.6. The van der Waals surface area contributed by atoms with Crippen LogP contribution >= 0.6 is 0 Å². The molecule has 0 bridgehead atoms. The van der Waals surface area contributed by atoms with Crippen molar-refractivity contribution in [1.29, 1.82) is 0 Å². The fraction of sp³-hybridized carbons (Fsp3) is 0.0714. The quantitative estimate of drug-likeness (QED) is 0.138. The predicted molar refractivity (Wildman–Crippen MR) is 152 cm³/mol. The first-order valence-electron chi connectivity index (χ1n) is 11.3. The van der Waals surface area contributed by atoms with Crippen LogP contribution < -0.4 is 0 Å². The van der Waals surface area contributed by atoms with Crippen LogP contribution in [-0.2, 0) is 33.6 Å². The van der Waals surface area contributed by atoms with Crippen molar-refractivity contribution >= 4 is 70.1 Å². The first-order valence-corrected chi connectivity index (χ1v) is 14.1. The molecule has 41 heavy (non-hydrogen) atoms. The molecule has 0 atom stereocenters. The van der Waals surface area contributed by atoms with Gasteiger partial charge in [0.1, 0.15) is 0 Å². The minimum Gasteiger partial charge on any atom is -0.726 e. The molecule has 0 aliphatic heterocycles. The Morgan fingerprint density at radius 1 is 0.488 bits per heavy atom. The Labute approximate surface area is 269 Å². The SMILES string of the molecule is O=C(Cc1ccccc1)c1ccccc1.O=C(Cc1ccccc1)c1ccccc1.O=S(=O)([O-])O.O=S(=O)([O-])O.[Ca+2]. The van der Waals surface area contributed by atoms with Gasteiger partial charge in [-0.3, -0.25) is 18.7 Å². The van der Waals surface area contributed by atoms with E-state index >= 15 is 0 Å². The van der Waals surface area contributed by atoms with Crippen molar-refractivity contribution in [3.8, 4) is 0 Å². The normalized spacial score (nSPS) is 10.0. The van der Waals surface area contributed by atoms with Crippen LogP contribution in [0.1, 0.15) is 31.8 Å². The molecule has 2 N–H and O–H groups in total. The molecular weight excluding hydrogens is 601 g/mol. The average molecular weight is 627 g/mol. The molecule has 4 aromatic rings. The molecule has 4 rings (SSSR count). The van der Waals surface area contributed by atoms with Crippen LogP contribution in [-0.4, -0.2) is 84.4 Å². The number of ketones is 2. The average Bonchev–Trinajstić information content (AvgIpc) is 2.89. The number of carbonyl (C=O) groups excluding carboxylic acids is 2. The van der Waals surface area contributed by atoms with E-state index in [4.69, 9.17) is 35.0 Å². The van der Waals surface area contributed by atoms with E-state index in [-0.39, 0.29) is 49.3 Å². The summed E-state index contributed by atoms with van der Waals surface area (Å²) >= 11 is 0. The molecule has 0 radical (unpaired) electrons. The van der Waals surface area contributed by atoms with Crippen LogP contribution in [0.25, 0.3) is 0 Å². The summed E-state index contributed by atoms with van der Waals surface area (Å²) in [5, 5.41) is 0. The Balaban J connectivity index is 0.000000581. The number of benzene rings is 4. The van der Waals surface area contributed by atoms with E-state index in [9.17, 15) is 9.59 Å². The molecule has 0 fully saturated rings. The molecule has 212 valence electrons. The molecule has 0 spiro atoms. The summed E-state index contributed by atoms with van der Waals surface area (Å²) in [6.07, 6.45) is 0.954. The smallest absolute Gasteiger partial charge is 0.726 e. The summed E-state index contributed by atoms with van der Waals surface area (Å²) in [6, 6.07) is 38.4. The zero-order valence-corrected chi connectivity index (χ0v) is 25.5. The first-order chi connectivity index (χ1) is 18.7. The largest absolute Gasteiger partial charge is 2.00 e. The molecule has 0 saturated heterocycles. The van der Waals surface area contributed by atoms with Gasteiger partial charge in [-0.25, -0.2) is 16.8 Å². The molecular formula is C28H26CaO10S2. The van der Waals surface area contributed by atoms with Gasteiger partial charge in [-0.15, -0.1) is 0 Å². The Morgan fingerprint density at radius 2 is 0.683 bits per heavy atom. The van der Waals surface area contributed by atoms with Crippen LogP contribution in [0.4, 0.5) is 0 Å². The minimum atomic E-state index is -4.92. The molecule has 13 heteroatoms. The second kappa shape index (κ2) is 20.2. The van der Waals surface area contributed by atoms with E-state index in [1.54, 1.807) is 0 Å². The Hall–Kier alpha value is -2.78. The number of carbonyl (C=O) groups is 2. The summed E-state index contributed by atoms with van der Waals surface area (Å²) in [5.41, 5.74) is 3.68. The number of rotatable bonds is 6. The second-order valence-electron chi connectivity index (χ2n) is 7.76. The molecule has 0 amide bonds. The summed E-state index contributed by atoms with van der Waals surface area (Å²) < 4.78 is 65.7. The van der Waals surface area contributed by atoms with Gasteiger partial charge in [0.05, 0.1) is 0 Å². The molecule has 0 aliphatic carbocycles. The van der Waals surface area contributed by atoms with Gasteiger partial charge in [-0.05, 0) is 11.1 Å². The summed E-state index contributed by atoms with van der Waals surface area (Å²) in [6.45, 7) is 0. The summed E-state index contributed by atoms with van der Waals surface area (Å²) in [5.74, 6) is 0.337. The van der Waals surface area contributed by atoms with Crippen LogP contribution in [0.2, 0.25) is 0 Å². The molecule has 0 aromatic heterocycles. The fourth-order valence-electron chi connectivity index (χ4n) is 3.01. The van der Waals surface area contributed by atoms with Gasteiger partial charge in [-0.2, -0.15) is 0 Å². The Morgan fingerprint density at radius 3 is 0.902 bits per heavy atom. The summed E-state index contributed by atoms with van der Waals surface area (Å²) in [7, 11) is -9.83. The van der Waals surface area contributed by atoms with Gasteiger partial charge in [-0.1, -0.05) is 121 Å². The topological polar surface area (TPSA) is 189 Å². The molecule has 0 aliphatic rings. The first kappa shape index (κ1) is 38.2. The molecule has 10 nitrogen and oxygen atoms in total. The maximum atomic E-state index is 11.8. The van der Waals surface area contributed by atoms with Crippen molar-refractivity contribution in [2.75, 3.05) is 0 Å². The van der Waals surface area contributed by atoms with Crippen LogP contribution in [0, 0.1) is 0 Å². The van der Waals surface area contributed by atoms with Gasteiger partial charge < -0.3 is 9.11 Å². The van der Waals surface area contributed by atoms with E-state index < -0.39 is 20.8 Å². The van der Waals surface area contributed by atoms with Crippen LogP contribution in [0.15, 0.2) is 121 Å². The maximum Gasteiger partial charge on any atom is 2.00 e. The van der Waals surface area contributed by atoms with Crippen molar-refractivity contribution < 1.29 is 44.6 Å². The molecule has 0 saturated carbocycles. The van der Waals surface area contributed by atoms with Gasteiger partial charge in [0.2, 0.25) is 20.8 Å². The van der Waals surface area contributed by atoms with Crippen molar-refractivity contribution in [2.24, 2.45) is 0 Å². The second-order valence-corrected chi connectivity index (χ2v) is 9.47. The van der Waals surface area contributed by atoms with Gasteiger partial charge >= 0.3 is 37.7 Å². The van der Waals surface area contributed by atoms with E-state index in [0.717, 1.165) is 22.3 Å². The molecule has 0 unspecified atom stereocenters. The molecule has 0 heterocycles. The van der Waals surface area contributed by atoms with Crippen LogP contribution in [0.3, 0.4) is 0 Å². The minimum absolute atomic E-state index is 0. The predicted octanol–water partition coefficient (Wildman–Crippen LogP) is 3.85. The third-order valence-electron chi connectivity index (χ3n) is 4.61. The van der Waals surface area contributed by atoms with E-state index in [1.165, 1.54) is 0 Å². The van der Waals surface area contributed by atoms with E-state index in [2.05, 4.69) is 0 Å². The van der Waals surface area contributed by atoms with E-state index in [0.29, 0.717) is 12.8 Å². The number of hydrogen-bond donors (Lipinski definition) is 2. The van der Waals surface area contributed by atoms with Crippen LogP contribution in [0.5, 0.6) is 0 Å². The van der Waals surface area contributed by atoms with E-state index in [1.807, 2.05) is 121 Å². The Kier molecular flexibility index (Phi) is 18.8. The van der Waals surface area contributed by atoms with Crippen molar-refractivity contribution in [3.63, 3.8) is 0 Å². The van der Waals surface area contributed by atoms with Gasteiger partial charge in [0.15, 0.2) is 11.6 Å². The number of Topliss-reactive ketones (excluding diaryl/α,β-unsaturated/α-hetero) is 2. The Bertz CT molecular complexity index is 1380. The van der Waals surface area contributed by atoms with Crippen molar-refractivity contribution in [2.45, 2.75) is 12.8 Å².